The molecule has 2 fully saturated rings. The minimum atomic E-state index is 0.159. The van der Waals surface area contributed by atoms with Gasteiger partial charge in [-0.1, -0.05) is 0 Å². The first-order chi connectivity index (χ1) is 11.7. The van der Waals surface area contributed by atoms with Crippen molar-refractivity contribution in [1.82, 2.24) is 20.4 Å². The molecule has 132 valence electrons. The van der Waals surface area contributed by atoms with Crippen molar-refractivity contribution in [3.63, 3.8) is 0 Å². The summed E-state index contributed by atoms with van der Waals surface area (Å²) >= 11 is 0. The van der Waals surface area contributed by atoms with E-state index in [0.29, 0.717) is 12.6 Å². The van der Waals surface area contributed by atoms with Crippen LogP contribution in [0.4, 0.5) is 0 Å². The van der Waals surface area contributed by atoms with Crippen LogP contribution in [0.1, 0.15) is 18.6 Å². The normalized spacial score (nSPS) is 19.4. The molecular formula is C17H27N5O2. The summed E-state index contributed by atoms with van der Waals surface area (Å²) in [7, 11) is 1.81. The Kier molecular flexibility index (Phi) is 5.74. The number of guanidine groups is 1. The fourth-order valence-corrected chi connectivity index (χ4v) is 2.91. The Hall–Kier alpha value is -2.02. The van der Waals surface area contributed by atoms with Crippen molar-refractivity contribution in [2.75, 3.05) is 46.3 Å². The molecule has 7 nitrogen and oxygen atoms in total. The van der Waals surface area contributed by atoms with Gasteiger partial charge < -0.3 is 20.0 Å². The molecule has 1 saturated heterocycles. The third-order valence-corrected chi connectivity index (χ3v) is 4.43. The maximum atomic E-state index is 11.9. The van der Waals surface area contributed by atoms with Crippen molar-refractivity contribution in [3.05, 3.63) is 24.2 Å². The lowest BCUT2D eigenvalue weighted by atomic mass is 10.3. The zero-order valence-electron chi connectivity index (χ0n) is 14.3. The van der Waals surface area contributed by atoms with Crippen molar-refractivity contribution in [2.24, 2.45) is 4.99 Å². The van der Waals surface area contributed by atoms with Crippen LogP contribution in [0.2, 0.25) is 0 Å². The van der Waals surface area contributed by atoms with Crippen LogP contribution in [0.3, 0.4) is 0 Å². The first-order valence-electron chi connectivity index (χ1n) is 8.74. The number of piperazine rings is 1. The highest BCUT2D eigenvalue weighted by Crippen LogP contribution is 2.18. The van der Waals surface area contributed by atoms with E-state index >= 15 is 0 Å². The molecule has 2 aliphatic rings. The van der Waals surface area contributed by atoms with Crippen molar-refractivity contribution in [2.45, 2.75) is 25.3 Å². The van der Waals surface area contributed by atoms with Gasteiger partial charge in [-0.05, 0) is 25.0 Å². The molecule has 1 aromatic rings. The second kappa shape index (κ2) is 8.19. The van der Waals surface area contributed by atoms with Gasteiger partial charge in [0.15, 0.2) is 5.96 Å². The average Bonchev–Trinajstić information content (AvgIpc) is 3.24. The lowest BCUT2D eigenvalue weighted by Gasteiger charge is -2.36. The van der Waals surface area contributed by atoms with E-state index in [1.54, 1.807) is 6.26 Å². The van der Waals surface area contributed by atoms with Crippen LogP contribution in [0.15, 0.2) is 27.8 Å². The molecule has 1 saturated carbocycles. The molecule has 1 aromatic heterocycles. The number of hydrogen-bond donors (Lipinski definition) is 2. The summed E-state index contributed by atoms with van der Waals surface area (Å²) in [5, 5.41) is 6.43. The molecule has 1 aliphatic carbocycles. The van der Waals surface area contributed by atoms with Crippen LogP contribution in [0, 0.1) is 0 Å². The van der Waals surface area contributed by atoms with Crippen LogP contribution >= 0.6 is 0 Å². The highest BCUT2D eigenvalue weighted by Gasteiger charge is 2.25. The molecule has 24 heavy (non-hydrogen) atoms. The summed E-state index contributed by atoms with van der Waals surface area (Å²) in [6.45, 7) is 4.85. The maximum absolute atomic E-state index is 11.9. The Balaban J connectivity index is 1.36. The van der Waals surface area contributed by atoms with Crippen LogP contribution in [0.5, 0.6) is 0 Å². The van der Waals surface area contributed by atoms with Crippen molar-refractivity contribution >= 4 is 11.9 Å². The molecule has 3 rings (SSSR count). The second-order valence-corrected chi connectivity index (χ2v) is 6.41. The van der Waals surface area contributed by atoms with Gasteiger partial charge in [-0.15, -0.1) is 0 Å². The summed E-state index contributed by atoms with van der Waals surface area (Å²) < 4.78 is 5.34. The third-order valence-electron chi connectivity index (χ3n) is 4.43. The number of hydrogen-bond acceptors (Lipinski definition) is 4. The van der Waals surface area contributed by atoms with E-state index in [-0.39, 0.29) is 5.91 Å². The first-order valence-corrected chi connectivity index (χ1v) is 8.74. The molecule has 1 aliphatic heterocycles. The van der Waals surface area contributed by atoms with Gasteiger partial charge in [0.1, 0.15) is 5.76 Å². The fraction of sp³-hybridized carbons (Fsp3) is 0.647. The van der Waals surface area contributed by atoms with Crippen molar-refractivity contribution in [1.29, 1.82) is 0 Å². The van der Waals surface area contributed by atoms with Gasteiger partial charge in [-0.2, -0.15) is 0 Å². The quantitative estimate of drug-likeness (QED) is 0.578. The van der Waals surface area contributed by atoms with Crippen LogP contribution in [0.25, 0.3) is 0 Å². The van der Waals surface area contributed by atoms with E-state index in [1.807, 2.05) is 19.2 Å². The first kappa shape index (κ1) is 16.8. The number of furan rings is 1. The number of carbonyl (C=O) groups excluding carboxylic acids is 1. The van der Waals surface area contributed by atoms with E-state index in [9.17, 15) is 4.79 Å². The van der Waals surface area contributed by atoms with Crippen molar-refractivity contribution < 1.29 is 9.21 Å². The van der Waals surface area contributed by atoms with Gasteiger partial charge >= 0.3 is 0 Å². The largest absolute Gasteiger partial charge is 0.469 e. The number of amides is 1. The molecule has 0 bridgehead atoms. The standard InChI is InChI=1S/C17H27N5O2/c1-18-17(19-7-6-15-3-2-12-24-15)22-10-8-21(9-11-22)13-16(23)20-14-4-5-14/h2-3,12,14H,4-11,13H2,1H3,(H,18,19)(H,20,23). The lowest BCUT2D eigenvalue weighted by Crippen LogP contribution is -2.54. The molecule has 0 atom stereocenters. The van der Waals surface area contributed by atoms with Crippen molar-refractivity contribution in [3.8, 4) is 0 Å². The molecule has 1 amide bonds. The molecule has 2 N–H and O–H groups in total. The van der Waals surface area contributed by atoms with Crippen LogP contribution < -0.4 is 10.6 Å². The zero-order chi connectivity index (χ0) is 16.8. The van der Waals surface area contributed by atoms with Gasteiger partial charge in [0.05, 0.1) is 12.8 Å². The monoisotopic (exact) mass is 333 g/mol. The van der Waals surface area contributed by atoms with E-state index in [1.165, 1.54) is 0 Å². The van der Waals surface area contributed by atoms with E-state index < -0.39 is 0 Å². The Labute approximate surface area is 143 Å². The van der Waals surface area contributed by atoms with E-state index in [2.05, 4.69) is 25.4 Å². The second-order valence-electron chi connectivity index (χ2n) is 6.41. The van der Waals surface area contributed by atoms with E-state index in [4.69, 9.17) is 4.42 Å². The summed E-state index contributed by atoms with van der Waals surface area (Å²) in [6, 6.07) is 4.33. The number of nitrogens with zero attached hydrogens (tertiary/aromatic N) is 3. The zero-order valence-corrected chi connectivity index (χ0v) is 14.3. The fourth-order valence-electron chi connectivity index (χ4n) is 2.91. The van der Waals surface area contributed by atoms with Gasteiger partial charge in [-0.25, -0.2) is 0 Å². The Morgan fingerprint density at radius 2 is 2.12 bits per heavy atom. The molecule has 0 radical (unpaired) electrons. The van der Waals surface area contributed by atoms with Crippen LogP contribution in [-0.2, 0) is 11.2 Å². The number of rotatable bonds is 6. The molecule has 2 heterocycles. The molecule has 7 heteroatoms. The maximum Gasteiger partial charge on any atom is 0.234 e. The molecule has 0 unspecified atom stereocenters. The molecule has 0 aromatic carbocycles. The van der Waals surface area contributed by atoms with Gasteiger partial charge in [0.25, 0.3) is 0 Å². The Bertz CT molecular complexity index is 545. The minimum Gasteiger partial charge on any atom is -0.469 e. The van der Waals surface area contributed by atoms with Crippen LogP contribution in [-0.4, -0.2) is 74.0 Å². The Morgan fingerprint density at radius 3 is 2.75 bits per heavy atom. The smallest absolute Gasteiger partial charge is 0.234 e. The number of nitrogens with one attached hydrogen (secondary N) is 2. The van der Waals surface area contributed by atoms with Gasteiger partial charge in [-0.3, -0.25) is 14.7 Å². The topological polar surface area (TPSA) is 73.1 Å². The predicted molar refractivity (Wildman–Crippen MR) is 93.0 cm³/mol. The summed E-state index contributed by atoms with van der Waals surface area (Å²) in [6.07, 6.45) is 4.81. The Morgan fingerprint density at radius 1 is 1.33 bits per heavy atom. The SMILES string of the molecule is CN=C(NCCc1ccco1)N1CCN(CC(=O)NC2CC2)CC1. The van der Waals surface area contributed by atoms with E-state index in [0.717, 1.165) is 63.7 Å². The predicted octanol–water partition coefficient (Wildman–Crippen LogP) is 0.294. The van der Waals surface area contributed by atoms with Gasteiger partial charge in [0.2, 0.25) is 5.91 Å². The molecule has 0 spiro atoms. The minimum absolute atomic E-state index is 0.159. The highest BCUT2D eigenvalue weighted by atomic mass is 16.3. The lowest BCUT2D eigenvalue weighted by molar-refractivity contribution is -0.122. The van der Waals surface area contributed by atoms with Gasteiger partial charge in [0, 0.05) is 52.2 Å². The summed E-state index contributed by atoms with van der Waals surface area (Å²) in [5.41, 5.74) is 0. The number of aliphatic imine (C=N–C) groups is 1. The average molecular weight is 333 g/mol. The summed E-state index contributed by atoms with van der Waals surface area (Å²) in [4.78, 5) is 20.7. The third kappa shape index (κ3) is 4.99. The number of carbonyl (C=O) groups is 1. The summed E-state index contributed by atoms with van der Waals surface area (Å²) in [5.74, 6) is 2.06. The highest BCUT2D eigenvalue weighted by molar-refractivity contribution is 5.80. The molecular weight excluding hydrogens is 306 g/mol.